The van der Waals surface area contributed by atoms with Crippen LogP contribution in [0.5, 0.6) is 5.75 Å². The zero-order valence-electron chi connectivity index (χ0n) is 32.6. The number of methoxy groups -OCH3 is 1. The lowest BCUT2D eigenvalue weighted by atomic mass is 9.91. The maximum absolute atomic E-state index is 14.3. The number of phenolic OH excluding ortho intramolecular Hbond substituents is 1. The molecule has 4 aromatic heterocycles. The molecular formula is C42H51F2N7O4. The molecule has 0 aliphatic heterocycles. The number of imidazole rings is 1. The van der Waals surface area contributed by atoms with Crippen LogP contribution in [0.25, 0.3) is 33.5 Å². The van der Waals surface area contributed by atoms with Crippen LogP contribution < -0.4 is 16.6 Å². The molecule has 4 heterocycles. The summed E-state index contributed by atoms with van der Waals surface area (Å²) in [5.41, 5.74) is 4.10. The largest absolute Gasteiger partial charge is 0.508 e. The first-order valence-corrected chi connectivity index (χ1v) is 18.6. The molecule has 11 nitrogen and oxygen atoms in total. The number of ether oxygens (including phenoxy) is 1. The summed E-state index contributed by atoms with van der Waals surface area (Å²) in [5.74, 6) is -0.679. The van der Waals surface area contributed by atoms with E-state index in [1.165, 1.54) is 27.5 Å². The molecule has 0 amide bonds. The van der Waals surface area contributed by atoms with Crippen LogP contribution in [0.3, 0.4) is 0 Å². The molecule has 0 spiro atoms. The second kappa shape index (κ2) is 18.4. The van der Waals surface area contributed by atoms with E-state index in [1.807, 2.05) is 38.2 Å². The van der Waals surface area contributed by atoms with Crippen LogP contribution in [-0.4, -0.2) is 73.4 Å². The minimum absolute atomic E-state index is 0.0755. The Hall–Kier alpha value is -5.24. The molecule has 0 bridgehead atoms. The first-order valence-electron chi connectivity index (χ1n) is 18.6. The zero-order chi connectivity index (χ0) is 39.8. The normalized spacial score (nSPS) is 15.5. The summed E-state index contributed by atoms with van der Waals surface area (Å²) in [6.07, 6.45) is 7.28. The Balaban J connectivity index is 0.000000347. The minimum atomic E-state index is -0.627. The number of aromatic hydroxyl groups is 1. The van der Waals surface area contributed by atoms with Crippen molar-refractivity contribution < 1.29 is 18.6 Å². The topological polar surface area (TPSA) is 119 Å². The molecule has 0 radical (unpaired) electrons. The van der Waals surface area contributed by atoms with E-state index in [-0.39, 0.29) is 28.6 Å². The molecule has 1 fully saturated rings. The maximum Gasteiger partial charge on any atom is 0.337 e. The molecule has 2 aromatic carbocycles. The van der Waals surface area contributed by atoms with E-state index in [9.17, 15) is 23.5 Å². The number of hydrogen-bond donors (Lipinski definition) is 2. The zero-order valence-corrected chi connectivity index (χ0v) is 32.6. The number of hydrogen-bond acceptors (Lipinski definition) is 8. The van der Waals surface area contributed by atoms with Crippen molar-refractivity contribution in [2.75, 3.05) is 27.8 Å². The SMILES string of the molecule is CCN(Cc1cc(O)ccc1-c1cccc(-n2c(=O)n(C3CCC(NC)CC3)c(=O)c3cc(F)cnc32)c1)C(C)C.COC.Cc1cn2cc(F)ccc2n1. The molecule has 0 unspecified atom stereocenters. The van der Waals surface area contributed by atoms with E-state index in [1.54, 1.807) is 49.1 Å². The summed E-state index contributed by atoms with van der Waals surface area (Å²) in [6.45, 7) is 9.77. The molecule has 13 heteroatoms. The van der Waals surface area contributed by atoms with Crippen molar-refractivity contribution in [2.24, 2.45) is 0 Å². The highest BCUT2D eigenvalue weighted by Crippen LogP contribution is 2.31. The highest BCUT2D eigenvalue weighted by atomic mass is 19.1. The van der Waals surface area contributed by atoms with Crippen LogP contribution in [0.2, 0.25) is 0 Å². The van der Waals surface area contributed by atoms with Gasteiger partial charge < -0.3 is 19.6 Å². The molecule has 0 saturated heterocycles. The first-order chi connectivity index (χ1) is 26.4. The van der Waals surface area contributed by atoms with Crippen LogP contribution in [0.4, 0.5) is 8.78 Å². The van der Waals surface area contributed by atoms with E-state index in [2.05, 4.69) is 45.7 Å². The molecule has 2 N–H and O–H groups in total. The Morgan fingerprint density at radius 2 is 1.71 bits per heavy atom. The molecule has 0 atom stereocenters. The van der Waals surface area contributed by atoms with Crippen molar-refractivity contribution in [3.05, 3.63) is 123 Å². The van der Waals surface area contributed by atoms with Crippen molar-refractivity contribution in [2.45, 2.75) is 78.0 Å². The number of halogens is 2. The number of aromatic nitrogens is 5. The smallest absolute Gasteiger partial charge is 0.337 e. The van der Waals surface area contributed by atoms with Crippen LogP contribution >= 0.6 is 0 Å². The fourth-order valence-corrected chi connectivity index (χ4v) is 7.13. The minimum Gasteiger partial charge on any atom is -0.508 e. The maximum atomic E-state index is 14.3. The number of pyridine rings is 2. The van der Waals surface area contributed by atoms with Crippen molar-refractivity contribution >= 4 is 16.7 Å². The molecule has 6 aromatic rings. The Morgan fingerprint density at radius 3 is 2.38 bits per heavy atom. The van der Waals surface area contributed by atoms with E-state index >= 15 is 0 Å². The second-order valence-corrected chi connectivity index (χ2v) is 14.1. The Bertz CT molecular complexity index is 2350. The van der Waals surface area contributed by atoms with Gasteiger partial charge >= 0.3 is 5.69 Å². The highest BCUT2D eigenvalue weighted by Gasteiger charge is 2.27. The van der Waals surface area contributed by atoms with E-state index in [0.29, 0.717) is 37.2 Å². The molecule has 55 heavy (non-hydrogen) atoms. The predicted octanol–water partition coefficient (Wildman–Crippen LogP) is 7.04. The van der Waals surface area contributed by atoms with Crippen LogP contribution in [0, 0.1) is 18.6 Å². The van der Waals surface area contributed by atoms with Gasteiger partial charge in [-0.15, -0.1) is 0 Å². The fourth-order valence-electron chi connectivity index (χ4n) is 7.13. The van der Waals surface area contributed by atoms with Crippen LogP contribution in [-0.2, 0) is 11.3 Å². The molecule has 1 aliphatic carbocycles. The number of nitrogens with one attached hydrogen (secondary N) is 1. The van der Waals surface area contributed by atoms with Gasteiger partial charge in [-0.05, 0) is 119 Å². The van der Waals surface area contributed by atoms with Crippen molar-refractivity contribution in [1.82, 2.24) is 33.7 Å². The number of rotatable bonds is 8. The fraction of sp³-hybridized carbons (Fsp3) is 0.381. The molecule has 7 rings (SSSR count). The van der Waals surface area contributed by atoms with Gasteiger partial charge in [0.25, 0.3) is 5.56 Å². The third kappa shape index (κ3) is 9.53. The van der Waals surface area contributed by atoms with Gasteiger partial charge in [-0.2, -0.15) is 0 Å². The summed E-state index contributed by atoms with van der Waals surface area (Å²) in [4.78, 5) is 38.4. The van der Waals surface area contributed by atoms with Crippen molar-refractivity contribution in [3.8, 4) is 22.6 Å². The number of fused-ring (bicyclic) bond motifs is 2. The number of aryl methyl sites for hydroxylation is 1. The highest BCUT2D eigenvalue weighted by molar-refractivity contribution is 5.77. The third-order valence-electron chi connectivity index (χ3n) is 9.91. The van der Waals surface area contributed by atoms with Gasteiger partial charge in [-0.1, -0.05) is 25.1 Å². The summed E-state index contributed by atoms with van der Waals surface area (Å²) in [6, 6.07) is 17.4. The number of phenols is 1. The predicted molar refractivity (Wildman–Crippen MR) is 213 cm³/mol. The monoisotopic (exact) mass is 755 g/mol. The molecule has 292 valence electrons. The first kappa shape index (κ1) is 40.9. The lowest BCUT2D eigenvalue weighted by molar-refractivity contribution is 0.225. The van der Waals surface area contributed by atoms with E-state index < -0.39 is 17.1 Å². The van der Waals surface area contributed by atoms with Crippen molar-refractivity contribution in [1.29, 1.82) is 0 Å². The second-order valence-electron chi connectivity index (χ2n) is 14.1. The summed E-state index contributed by atoms with van der Waals surface area (Å²) >= 11 is 0. The van der Waals surface area contributed by atoms with Gasteiger partial charge in [0.05, 0.1) is 23.0 Å². The van der Waals surface area contributed by atoms with Crippen molar-refractivity contribution in [3.63, 3.8) is 0 Å². The standard InChI is InChI=1S/C32H38FN5O3.C8H7FN2.C2H6O/c1-5-36(20(2)3)19-22-16-27(39)13-14-28(22)21-7-6-8-26(15-21)37-30-29(17-23(33)18-35-30)31(40)38(32(37)41)25-11-9-24(34-4)10-12-25;1-6-4-11-5-7(9)2-3-8(11)10-6;1-3-2/h6-8,13-18,20,24-25,34,39H,5,9-12,19H2,1-4H3;2-5H,1H3;1-2H3. The van der Waals surface area contributed by atoms with E-state index in [0.717, 1.165) is 53.6 Å². The molecular weight excluding hydrogens is 705 g/mol. The lowest BCUT2D eigenvalue weighted by Crippen LogP contribution is -2.44. The molecule has 1 saturated carbocycles. The van der Waals surface area contributed by atoms with Gasteiger partial charge in [0.2, 0.25) is 0 Å². The molecule has 1 aliphatic rings. The quantitative estimate of drug-likeness (QED) is 0.170. The summed E-state index contributed by atoms with van der Waals surface area (Å²) < 4.78 is 35.6. The number of nitrogens with zero attached hydrogens (tertiary/aromatic N) is 6. The lowest BCUT2D eigenvalue weighted by Gasteiger charge is -2.29. The Kier molecular flexibility index (Phi) is 13.7. The summed E-state index contributed by atoms with van der Waals surface area (Å²) in [5, 5.41) is 13.6. The van der Waals surface area contributed by atoms with Crippen LogP contribution in [0.15, 0.2) is 88.8 Å². The van der Waals surface area contributed by atoms with Gasteiger partial charge in [0, 0.05) is 51.3 Å². The Labute approximate surface area is 319 Å². The third-order valence-corrected chi connectivity index (χ3v) is 9.91. The van der Waals surface area contributed by atoms with Crippen LogP contribution in [0.1, 0.15) is 63.8 Å². The van der Waals surface area contributed by atoms with E-state index in [4.69, 9.17) is 0 Å². The average Bonchev–Trinajstić information content (AvgIpc) is 3.54. The van der Waals surface area contributed by atoms with Gasteiger partial charge in [0.1, 0.15) is 23.0 Å². The average molecular weight is 756 g/mol. The van der Waals surface area contributed by atoms with Gasteiger partial charge in [-0.3, -0.25) is 14.3 Å². The van der Waals surface area contributed by atoms with Gasteiger partial charge in [-0.25, -0.2) is 28.1 Å². The Morgan fingerprint density at radius 1 is 0.982 bits per heavy atom. The number of benzene rings is 2. The summed E-state index contributed by atoms with van der Waals surface area (Å²) in [7, 11) is 5.17. The van der Waals surface area contributed by atoms with Gasteiger partial charge in [0.15, 0.2) is 5.65 Å².